The number of nitrogens with one attached hydrogen (secondary N) is 2. The second kappa shape index (κ2) is 8.91. The Bertz CT molecular complexity index is 806. The molecule has 0 bridgehead atoms. The average molecular weight is 386 g/mol. The topological polar surface area (TPSA) is 79.3 Å². The van der Waals surface area contributed by atoms with E-state index in [1.165, 1.54) is 4.90 Å². The fraction of sp³-hybridized carbons (Fsp3) is 0.476. The Kier molecular flexibility index (Phi) is 6.83. The van der Waals surface area contributed by atoms with Crippen molar-refractivity contribution < 1.29 is 9.59 Å². The molecule has 2 rings (SSSR count). The van der Waals surface area contributed by atoms with Crippen molar-refractivity contribution in [1.82, 2.24) is 20.0 Å². The van der Waals surface area contributed by atoms with Crippen LogP contribution in [0, 0.1) is 0 Å². The molecule has 0 radical (unpaired) electrons. The van der Waals surface area contributed by atoms with Gasteiger partial charge in [0, 0.05) is 24.1 Å². The summed E-state index contributed by atoms with van der Waals surface area (Å²) in [7, 11) is 0. The van der Waals surface area contributed by atoms with Crippen LogP contribution < -0.4 is 10.6 Å². The largest absolute Gasteiger partial charge is 0.338 e. The maximum absolute atomic E-state index is 12.7. The van der Waals surface area contributed by atoms with E-state index in [4.69, 9.17) is 5.10 Å². The van der Waals surface area contributed by atoms with Crippen molar-refractivity contribution in [3.05, 3.63) is 42.1 Å². The third-order valence-corrected chi connectivity index (χ3v) is 4.27. The molecule has 0 aliphatic carbocycles. The second-order valence-electron chi connectivity index (χ2n) is 8.02. The molecule has 152 valence electrons. The third-order valence-electron chi connectivity index (χ3n) is 4.27. The highest BCUT2D eigenvalue weighted by Crippen LogP contribution is 2.26. The van der Waals surface area contributed by atoms with E-state index in [9.17, 15) is 9.59 Å². The van der Waals surface area contributed by atoms with Crippen LogP contribution >= 0.6 is 0 Å². The number of hydrogen-bond acceptors (Lipinski definition) is 3. The van der Waals surface area contributed by atoms with E-state index in [1.54, 1.807) is 4.68 Å². The number of carbonyl (C=O) groups excluding carboxylic acids is 2. The molecule has 1 aromatic heterocycles. The van der Waals surface area contributed by atoms with Gasteiger partial charge in [-0.15, -0.1) is 0 Å². The first-order valence-corrected chi connectivity index (χ1v) is 9.63. The number of rotatable bonds is 6. The molecule has 0 fully saturated rings. The summed E-state index contributed by atoms with van der Waals surface area (Å²) in [6.07, 6.45) is 0. The quantitative estimate of drug-likeness (QED) is 0.798. The fourth-order valence-electron chi connectivity index (χ4n) is 2.68. The molecule has 7 nitrogen and oxygen atoms in total. The zero-order valence-electron chi connectivity index (χ0n) is 17.6. The van der Waals surface area contributed by atoms with Gasteiger partial charge in [-0.05, 0) is 32.9 Å². The van der Waals surface area contributed by atoms with E-state index in [0.717, 1.165) is 11.4 Å². The number of urea groups is 1. The van der Waals surface area contributed by atoms with Crippen LogP contribution in [0.1, 0.15) is 47.2 Å². The minimum Gasteiger partial charge on any atom is -0.338 e. The normalized spacial score (nSPS) is 11.4. The van der Waals surface area contributed by atoms with E-state index in [0.29, 0.717) is 12.4 Å². The smallest absolute Gasteiger partial charge is 0.318 e. The van der Waals surface area contributed by atoms with Gasteiger partial charge in [0.1, 0.15) is 12.4 Å². The lowest BCUT2D eigenvalue weighted by Gasteiger charge is -2.26. The number of para-hydroxylation sites is 1. The van der Waals surface area contributed by atoms with Crippen molar-refractivity contribution >= 4 is 17.8 Å². The summed E-state index contributed by atoms with van der Waals surface area (Å²) in [6, 6.07) is 11.2. The van der Waals surface area contributed by atoms with E-state index in [2.05, 4.69) is 31.4 Å². The molecular weight excluding hydrogens is 354 g/mol. The number of hydrogen-bond donors (Lipinski definition) is 2. The van der Waals surface area contributed by atoms with Gasteiger partial charge in [0.2, 0.25) is 5.91 Å². The zero-order chi connectivity index (χ0) is 20.9. The van der Waals surface area contributed by atoms with Crippen LogP contribution in [0.3, 0.4) is 0 Å². The maximum atomic E-state index is 12.7. The highest BCUT2D eigenvalue weighted by molar-refractivity contribution is 5.94. The first-order chi connectivity index (χ1) is 13.1. The SMILES string of the molecule is CCNC(=O)N(CC(=O)Nc1cc(C(C)(C)C)nn1-c1ccccc1)C(C)C. The van der Waals surface area contributed by atoms with E-state index in [-0.39, 0.29) is 29.9 Å². The van der Waals surface area contributed by atoms with Gasteiger partial charge in [-0.2, -0.15) is 5.10 Å². The first kappa shape index (κ1) is 21.5. The van der Waals surface area contributed by atoms with Crippen molar-refractivity contribution in [1.29, 1.82) is 0 Å². The number of anilines is 1. The molecule has 0 saturated heterocycles. The molecule has 3 amide bonds. The first-order valence-electron chi connectivity index (χ1n) is 9.63. The monoisotopic (exact) mass is 385 g/mol. The summed E-state index contributed by atoms with van der Waals surface area (Å²) in [4.78, 5) is 26.4. The molecule has 2 aromatic rings. The molecule has 0 atom stereocenters. The third kappa shape index (κ3) is 5.34. The molecule has 1 heterocycles. The summed E-state index contributed by atoms with van der Waals surface area (Å²) in [5, 5.41) is 10.4. The molecule has 0 unspecified atom stereocenters. The number of amides is 3. The second-order valence-corrected chi connectivity index (χ2v) is 8.02. The van der Waals surface area contributed by atoms with Gasteiger partial charge in [0.25, 0.3) is 0 Å². The van der Waals surface area contributed by atoms with Gasteiger partial charge in [-0.1, -0.05) is 39.0 Å². The van der Waals surface area contributed by atoms with Crippen LogP contribution in [0.5, 0.6) is 0 Å². The summed E-state index contributed by atoms with van der Waals surface area (Å²) >= 11 is 0. The lowest BCUT2D eigenvalue weighted by atomic mass is 9.92. The molecule has 1 aromatic carbocycles. The number of aromatic nitrogens is 2. The Labute approximate surface area is 167 Å². The zero-order valence-corrected chi connectivity index (χ0v) is 17.6. The van der Waals surface area contributed by atoms with Crippen LogP contribution in [0.25, 0.3) is 5.69 Å². The lowest BCUT2D eigenvalue weighted by Crippen LogP contribution is -2.47. The van der Waals surface area contributed by atoms with Gasteiger partial charge in [-0.25, -0.2) is 9.48 Å². The van der Waals surface area contributed by atoms with Gasteiger partial charge in [-0.3, -0.25) is 4.79 Å². The Balaban J connectivity index is 2.28. The maximum Gasteiger partial charge on any atom is 0.318 e. The Morgan fingerprint density at radius 1 is 1.18 bits per heavy atom. The number of benzene rings is 1. The van der Waals surface area contributed by atoms with Crippen LogP contribution in [-0.2, 0) is 10.2 Å². The van der Waals surface area contributed by atoms with Crippen molar-refractivity contribution in [3.8, 4) is 5.69 Å². The summed E-state index contributed by atoms with van der Waals surface area (Å²) in [5.74, 6) is 0.318. The van der Waals surface area contributed by atoms with Crippen LogP contribution in [0.4, 0.5) is 10.6 Å². The molecule has 28 heavy (non-hydrogen) atoms. The van der Waals surface area contributed by atoms with Crippen molar-refractivity contribution in [2.24, 2.45) is 0 Å². The average Bonchev–Trinajstić information content (AvgIpc) is 3.04. The van der Waals surface area contributed by atoms with E-state index < -0.39 is 0 Å². The Morgan fingerprint density at radius 2 is 1.82 bits per heavy atom. The Morgan fingerprint density at radius 3 is 2.36 bits per heavy atom. The van der Waals surface area contributed by atoms with E-state index in [1.807, 2.05) is 57.2 Å². The molecule has 0 spiro atoms. The van der Waals surface area contributed by atoms with Crippen LogP contribution in [-0.4, -0.2) is 45.8 Å². The Hall–Kier alpha value is -2.83. The number of nitrogens with zero attached hydrogens (tertiary/aromatic N) is 3. The fourth-order valence-corrected chi connectivity index (χ4v) is 2.68. The highest BCUT2D eigenvalue weighted by Gasteiger charge is 2.23. The van der Waals surface area contributed by atoms with E-state index >= 15 is 0 Å². The lowest BCUT2D eigenvalue weighted by molar-refractivity contribution is -0.117. The van der Waals surface area contributed by atoms with Crippen molar-refractivity contribution in [2.75, 3.05) is 18.4 Å². The molecular formula is C21H31N5O2. The molecule has 0 aliphatic rings. The summed E-state index contributed by atoms with van der Waals surface area (Å²) < 4.78 is 1.73. The predicted molar refractivity (Wildman–Crippen MR) is 112 cm³/mol. The standard InChI is InChI=1S/C21H31N5O2/c1-7-22-20(28)25(15(2)3)14-19(27)23-18-13-17(21(4,5)6)24-26(18)16-11-9-8-10-12-16/h8-13,15H,7,14H2,1-6H3,(H,22,28)(H,23,27). The summed E-state index contributed by atoms with van der Waals surface area (Å²) in [5.41, 5.74) is 1.57. The minimum atomic E-state index is -0.266. The van der Waals surface area contributed by atoms with Crippen molar-refractivity contribution in [2.45, 2.75) is 53.0 Å². The molecule has 2 N–H and O–H groups in total. The predicted octanol–water partition coefficient (Wildman–Crippen LogP) is 3.55. The molecule has 0 saturated carbocycles. The van der Waals surface area contributed by atoms with Crippen LogP contribution in [0.2, 0.25) is 0 Å². The molecule has 7 heteroatoms. The summed E-state index contributed by atoms with van der Waals surface area (Å²) in [6.45, 7) is 12.3. The van der Waals surface area contributed by atoms with Gasteiger partial charge < -0.3 is 15.5 Å². The molecule has 0 aliphatic heterocycles. The van der Waals surface area contributed by atoms with Gasteiger partial charge in [0.05, 0.1) is 11.4 Å². The van der Waals surface area contributed by atoms with Crippen LogP contribution in [0.15, 0.2) is 36.4 Å². The highest BCUT2D eigenvalue weighted by atomic mass is 16.2. The van der Waals surface area contributed by atoms with Gasteiger partial charge >= 0.3 is 6.03 Å². The van der Waals surface area contributed by atoms with Gasteiger partial charge in [0.15, 0.2) is 0 Å². The minimum absolute atomic E-state index is 0.0334. The number of carbonyl (C=O) groups is 2. The van der Waals surface area contributed by atoms with Crippen molar-refractivity contribution in [3.63, 3.8) is 0 Å².